The van der Waals surface area contributed by atoms with Crippen LogP contribution in [-0.2, 0) is 13.0 Å². The molecule has 4 heteroatoms. The number of piperidine rings is 1. The third-order valence-electron chi connectivity index (χ3n) is 5.51. The Morgan fingerprint density at radius 2 is 1.67 bits per heavy atom. The predicted octanol–water partition coefficient (Wildman–Crippen LogP) is 6.17. The van der Waals surface area contributed by atoms with Crippen molar-refractivity contribution in [2.45, 2.75) is 46.6 Å². The normalized spacial score (nSPS) is 16.2. The van der Waals surface area contributed by atoms with E-state index in [1.54, 1.807) is 12.1 Å². The first-order valence-corrected chi connectivity index (χ1v) is 10.7. The molecular weight excluding hydrogens is 373 g/mol. The second kappa shape index (κ2) is 11.4. The van der Waals surface area contributed by atoms with Crippen LogP contribution in [0.5, 0.6) is 0 Å². The van der Waals surface area contributed by atoms with E-state index in [4.69, 9.17) is 0 Å². The molecule has 0 N–H and O–H groups in total. The summed E-state index contributed by atoms with van der Waals surface area (Å²) in [5, 5.41) is 9.90. The van der Waals surface area contributed by atoms with Gasteiger partial charge in [0.2, 0.25) is 0 Å². The molecule has 0 atom stereocenters. The molecule has 2 aromatic rings. The summed E-state index contributed by atoms with van der Waals surface area (Å²) in [5.74, 6) is -0.250. The van der Waals surface area contributed by atoms with Crippen molar-refractivity contribution >= 4 is 5.71 Å². The van der Waals surface area contributed by atoms with Gasteiger partial charge in [0.1, 0.15) is 5.82 Å². The molecule has 1 fully saturated rings. The maximum Gasteiger partial charge on any atom is 0.123 e. The van der Waals surface area contributed by atoms with Crippen LogP contribution in [0.1, 0.15) is 44.7 Å². The SMILES string of the molecule is C=C(Cc1ccc(F)cc1)N=C(C)C1(C#N)CCN(Cc2ccccc2)CC1.CC. The molecule has 0 aliphatic carbocycles. The monoisotopic (exact) mass is 405 g/mol. The first-order valence-electron chi connectivity index (χ1n) is 10.7. The van der Waals surface area contributed by atoms with Crippen molar-refractivity contribution in [3.05, 3.63) is 83.8 Å². The quantitative estimate of drug-likeness (QED) is 0.539. The number of nitrogens with zero attached hydrogens (tertiary/aromatic N) is 3. The van der Waals surface area contributed by atoms with E-state index in [1.807, 2.05) is 26.8 Å². The molecule has 30 heavy (non-hydrogen) atoms. The number of halogens is 1. The van der Waals surface area contributed by atoms with Gasteiger partial charge >= 0.3 is 0 Å². The van der Waals surface area contributed by atoms with Crippen molar-refractivity contribution in [3.63, 3.8) is 0 Å². The Balaban J connectivity index is 0.00000155. The Morgan fingerprint density at radius 1 is 1.07 bits per heavy atom. The molecule has 0 saturated carbocycles. The van der Waals surface area contributed by atoms with Gasteiger partial charge in [-0.3, -0.25) is 9.89 Å². The van der Waals surface area contributed by atoms with E-state index in [9.17, 15) is 9.65 Å². The van der Waals surface area contributed by atoms with Gasteiger partial charge < -0.3 is 0 Å². The second-order valence-electron chi connectivity index (χ2n) is 7.52. The van der Waals surface area contributed by atoms with Crippen molar-refractivity contribution in [1.29, 1.82) is 5.26 Å². The standard InChI is InChI=1S/C24H26FN3.C2H6/c1-19(16-21-8-10-23(25)11-9-21)27-20(2)24(18-26)12-14-28(15-13-24)17-22-6-4-3-5-7-22;1-2/h3-11H,1,12-17H2,2H3;1-2H3. The van der Waals surface area contributed by atoms with Gasteiger partial charge in [-0.1, -0.05) is 62.9 Å². The molecule has 0 unspecified atom stereocenters. The lowest BCUT2D eigenvalue weighted by atomic mass is 9.76. The number of nitriles is 1. The maximum absolute atomic E-state index is 13.1. The summed E-state index contributed by atoms with van der Waals surface area (Å²) in [6.45, 7) is 12.6. The summed E-state index contributed by atoms with van der Waals surface area (Å²) in [7, 11) is 0. The summed E-state index contributed by atoms with van der Waals surface area (Å²) in [4.78, 5) is 7.05. The highest BCUT2D eigenvalue weighted by molar-refractivity contribution is 5.91. The largest absolute Gasteiger partial charge is 0.299 e. The minimum atomic E-state index is -0.529. The highest BCUT2D eigenvalue weighted by Crippen LogP contribution is 2.33. The molecule has 1 aliphatic rings. The van der Waals surface area contributed by atoms with Gasteiger partial charge in [0.15, 0.2) is 0 Å². The zero-order chi connectivity index (χ0) is 22.0. The van der Waals surface area contributed by atoms with Gasteiger partial charge in [0, 0.05) is 37.5 Å². The first-order chi connectivity index (χ1) is 14.5. The lowest BCUT2D eigenvalue weighted by Gasteiger charge is -2.37. The Bertz CT molecular complexity index is 871. The van der Waals surface area contributed by atoms with Crippen LogP contribution in [0.2, 0.25) is 0 Å². The van der Waals surface area contributed by atoms with Crippen molar-refractivity contribution in [2.24, 2.45) is 10.4 Å². The third kappa shape index (κ3) is 6.37. The summed E-state index contributed by atoms with van der Waals surface area (Å²) in [6.07, 6.45) is 2.10. The topological polar surface area (TPSA) is 39.4 Å². The van der Waals surface area contributed by atoms with Crippen molar-refractivity contribution in [2.75, 3.05) is 13.1 Å². The van der Waals surface area contributed by atoms with Crippen LogP contribution in [0, 0.1) is 22.6 Å². The third-order valence-corrected chi connectivity index (χ3v) is 5.51. The number of hydrogen-bond donors (Lipinski definition) is 0. The Hall–Kier alpha value is -2.77. The fourth-order valence-corrected chi connectivity index (χ4v) is 3.71. The van der Waals surface area contributed by atoms with E-state index in [2.05, 4.69) is 46.8 Å². The van der Waals surface area contributed by atoms with E-state index in [1.165, 1.54) is 17.7 Å². The van der Waals surface area contributed by atoms with E-state index in [0.29, 0.717) is 12.1 Å². The van der Waals surface area contributed by atoms with Crippen LogP contribution >= 0.6 is 0 Å². The minimum Gasteiger partial charge on any atom is -0.299 e. The molecule has 1 saturated heterocycles. The van der Waals surface area contributed by atoms with E-state index >= 15 is 0 Å². The number of benzene rings is 2. The molecule has 2 aromatic carbocycles. The second-order valence-corrected chi connectivity index (χ2v) is 7.52. The van der Waals surface area contributed by atoms with Crippen LogP contribution in [-0.4, -0.2) is 23.7 Å². The van der Waals surface area contributed by atoms with Gasteiger partial charge in [-0.05, 0) is 43.0 Å². The average molecular weight is 406 g/mol. The Labute approximate surface area is 180 Å². The first kappa shape index (κ1) is 23.5. The summed E-state index contributed by atoms with van der Waals surface area (Å²) < 4.78 is 13.1. The molecule has 0 bridgehead atoms. The Morgan fingerprint density at radius 3 is 2.23 bits per heavy atom. The van der Waals surface area contributed by atoms with E-state index in [0.717, 1.165) is 43.8 Å². The smallest absolute Gasteiger partial charge is 0.123 e. The molecule has 0 aromatic heterocycles. The van der Waals surface area contributed by atoms with Gasteiger partial charge in [-0.15, -0.1) is 0 Å². The zero-order valence-electron chi connectivity index (χ0n) is 18.4. The lowest BCUT2D eigenvalue weighted by Crippen LogP contribution is -2.42. The minimum absolute atomic E-state index is 0.250. The number of aliphatic imine (C=N–C) groups is 1. The summed E-state index contributed by atoms with van der Waals surface area (Å²) in [5.41, 5.74) is 3.27. The van der Waals surface area contributed by atoms with Crippen molar-refractivity contribution in [3.8, 4) is 6.07 Å². The molecule has 3 nitrogen and oxygen atoms in total. The highest BCUT2D eigenvalue weighted by Gasteiger charge is 2.37. The molecule has 1 heterocycles. The molecular formula is C26H32FN3. The van der Waals surface area contributed by atoms with Crippen LogP contribution < -0.4 is 0 Å². The molecule has 0 radical (unpaired) electrons. The Kier molecular flexibility index (Phi) is 8.95. The molecule has 0 spiro atoms. The van der Waals surface area contributed by atoms with Crippen LogP contribution in [0.3, 0.4) is 0 Å². The number of hydrogen-bond acceptors (Lipinski definition) is 3. The van der Waals surface area contributed by atoms with Crippen molar-refractivity contribution in [1.82, 2.24) is 4.90 Å². The molecule has 158 valence electrons. The van der Waals surface area contributed by atoms with Crippen LogP contribution in [0.15, 0.2) is 71.9 Å². The fourth-order valence-electron chi connectivity index (χ4n) is 3.71. The van der Waals surface area contributed by atoms with E-state index < -0.39 is 5.41 Å². The maximum atomic E-state index is 13.1. The zero-order valence-corrected chi connectivity index (χ0v) is 18.4. The van der Waals surface area contributed by atoms with Crippen LogP contribution in [0.25, 0.3) is 0 Å². The fraction of sp³-hybridized carbons (Fsp3) is 0.385. The van der Waals surface area contributed by atoms with E-state index in [-0.39, 0.29) is 5.82 Å². The van der Waals surface area contributed by atoms with Gasteiger partial charge in [0.25, 0.3) is 0 Å². The summed E-state index contributed by atoms with van der Waals surface area (Å²) >= 11 is 0. The predicted molar refractivity (Wildman–Crippen MR) is 123 cm³/mol. The number of allylic oxidation sites excluding steroid dienone is 1. The molecule has 1 aliphatic heterocycles. The highest BCUT2D eigenvalue weighted by atomic mass is 19.1. The number of likely N-dealkylation sites (tertiary alicyclic amines) is 1. The molecule has 0 amide bonds. The lowest BCUT2D eigenvalue weighted by molar-refractivity contribution is 0.175. The average Bonchev–Trinajstić information content (AvgIpc) is 2.78. The van der Waals surface area contributed by atoms with Gasteiger partial charge in [0.05, 0.1) is 11.5 Å². The molecule has 3 rings (SSSR count). The summed E-state index contributed by atoms with van der Waals surface area (Å²) in [6, 6.07) is 19.3. The van der Waals surface area contributed by atoms with Crippen molar-refractivity contribution < 1.29 is 4.39 Å². The van der Waals surface area contributed by atoms with Gasteiger partial charge in [-0.25, -0.2) is 4.39 Å². The van der Waals surface area contributed by atoms with Crippen LogP contribution in [0.4, 0.5) is 4.39 Å². The number of rotatable bonds is 6. The van der Waals surface area contributed by atoms with Gasteiger partial charge in [-0.2, -0.15) is 5.26 Å².